The van der Waals surface area contributed by atoms with Gasteiger partial charge in [0.25, 0.3) is 5.56 Å². The van der Waals surface area contributed by atoms with Gasteiger partial charge in [-0.05, 0) is 29.7 Å². The van der Waals surface area contributed by atoms with Gasteiger partial charge in [0.2, 0.25) is 5.88 Å². The fourth-order valence-corrected chi connectivity index (χ4v) is 6.91. The topological polar surface area (TPSA) is 266 Å². The van der Waals surface area contributed by atoms with E-state index in [2.05, 4.69) is 18.1 Å². The van der Waals surface area contributed by atoms with Crippen LogP contribution in [0.15, 0.2) is 76.3 Å². The van der Waals surface area contributed by atoms with E-state index in [1.807, 2.05) is 30.3 Å². The van der Waals surface area contributed by atoms with Crippen LogP contribution in [0.1, 0.15) is 16.8 Å². The molecular weight excluding hydrogens is 639 g/mol. The molecule has 0 aliphatic carbocycles. The molecule has 3 aromatic rings. The summed E-state index contributed by atoms with van der Waals surface area (Å²) in [5, 5.41) is 20.7. The molecule has 2 aromatic heterocycles. The molecule has 0 saturated heterocycles. The van der Waals surface area contributed by atoms with Crippen molar-refractivity contribution in [3.63, 3.8) is 0 Å². The van der Waals surface area contributed by atoms with Crippen molar-refractivity contribution in [3.05, 3.63) is 104 Å². The molecule has 18 nitrogen and oxygen atoms in total. The van der Waals surface area contributed by atoms with E-state index in [-0.39, 0.29) is 6.54 Å². The molecule has 2 unspecified atom stereocenters. The van der Waals surface area contributed by atoms with Crippen molar-refractivity contribution in [3.8, 4) is 0 Å². The minimum absolute atomic E-state index is 0.271. The average Bonchev–Trinajstić information content (AvgIpc) is 3.17. The second-order valence-corrected chi connectivity index (χ2v) is 13.3. The van der Waals surface area contributed by atoms with Crippen LogP contribution in [0.25, 0.3) is 5.88 Å². The van der Waals surface area contributed by atoms with E-state index in [0.29, 0.717) is 16.7 Å². The maximum absolute atomic E-state index is 13.2. The predicted molar refractivity (Wildman–Crippen MR) is 144 cm³/mol. The number of rotatable bonds is 12. The lowest BCUT2D eigenvalue weighted by Gasteiger charge is -2.19. The summed E-state index contributed by atoms with van der Waals surface area (Å²) in [6, 6.07) is 14.0. The Morgan fingerprint density at radius 1 is 0.930 bits per heavy atom. The number of aliphatic hydroxyl groups excluding tert-OH is 2. The number of nitrogens with zero attached hydrogens (tertiary/aromatic N) is 3. The van der Waals surface area contributed by atoms with Crippen molar-refractivity contribution in [2.75, 3.05) is 6.61 Å². The van der Waals surface area contributed by atoms with Crippen LogP contribution in [-0.2, 0) is 44.5 Å². The van der Waals surface area contributed by atoms with Crippen molar-refractivity contribution in [1.82, 2.24) is 14.1 Å². The summed E-state index contributed by atoms with van der Waals surface area (Å²) < 4.78 is 52.6. The van der Waals surface area contributed by atoms with Crippen LogP contribution in [0.5, 0.6) is 0 Å². The van der Waals surface area contributed by atoms with Crippen LogP contribution in [-0.4, -0.2) is 62.7 Å². The first-order chi connectivity index (χ1) is 20.0. The molecule has 0 saturated carbocycles. The molecular formula is C22H24N3O15P3. The van der Waals surface area contributed by atoms with E-state index < -0.39 is 65.2 Å². The van der Waals surface area contributed by atoms with Gasteiger partial charge >= 0.3 is 29.2 Å². The SMILES string of the molecule is O=c1ccn(C2=C(O)[C@@H](O)[C@@H](COP(=O)(O)OP(=O)(O)OP(=O)(O)O)O2)c(=O)n1Cc1cc(Cc2ccccc2)ccn1. The van der Waals surface area contributed by atoms with Gasteiger partial charge in [-0.15, -0.1) is 0 Å². The molecule has 0 bridgehead atoms. The highest BCUT2D eigenvalue weighted by Crippen LogP contribution is 2.66. The number of ether oxygens (including phenoxy) is 1. The lowest BCUT2D eigenvalue weighted by atomic mass is 10.1. The third-order valence-corrected chi connectivity index (χ3v) is 9.48. The highest BCUT2D eigenvalue weighted by molar-refractivity contribution is 7.66. The van der Waals surface area contributed by atoms with Gasteiger partial charge in [-0.1, -0.05) is 30.3 Å². The Morgan fingerprint density at radius 2 is 1.63 bits per heavy atom. The molecule has 21 heteroatoms. The Bertz CT molecular complexity index is 1790. The highest BCUT2D eigenvalue weighted by atomic mass is 31.3. The lowest BCUT2D eigenvalue weighted by Crippen LogP contribution is -2.39. The van der Waals surface area contributed by atoms with E-state index in [4.69, 9.17) is 14.5 Å². The zero-order chi connectivity index (χ0) is 31.6. The molecule has 1 aliphatic rings. The summed E-state index contributed by atoms with van der Waals surface area (Å²) in [5.74, 6) is -1.60. The van der Waals surface area contributed by atoms with E-state index in [9.17, 15) is 43.3 Å². The fourth-order valence-electron chi connectivity index (χ4n) is 3.88. The second-order valence-electron chi connectivity index (χ2n) is 8.89. The van der Waals surface area contributed by atoms with Crippen LogP contribution in [0, 0.1) is 0 Å². The molecule has 4 atom stereocenters. The zero-order valence-electron chi connectivity index (χ0n) is 21.6. The van der Waals surface area contributed by atoms with E-state index in [0.717, 1.165) is 28.0 Å². The van der Waals surface area contributed by atoms with Gasteiger partial charge < -0.3 is 34.5 Å². The summed E-state index contributed by atoms with van der Waals surface area (Å²) in [4.78, 5) is 66.0. The average molecular weight is 663 g/mol. The summed E-state index contributed by atoms with van der Waals surface area (Å²) in [5.41, 5.74) is 0.525. The Hall–Kier alpha value is -3.24. The van der Waals surface area contributed by atoms with E-state index in [1.54, 1.807) is 12.1 Å². The number of phosphoric ester groups is 1. The second kappa shape index (κ2) is 12.8. The van der Waals surface area contributed by atoms with Gasteiger partial charge in [0.15, 0.2) is 18.0 Å². The van der Waals surface area contributed by atoms with E-state index in [1.165, 1.54) is 6.20 Å². The Morgan fingerprint density at radius 3 is 2.30 bits per heavy atom. The molecule has 1 aromatic carbocycles. The Kier molecular flexibility index (Phi) is 9.71. The van der Waals surface area contributed by atoms with Crippen molar-refractivity contribution >= 4 is 29.4 Å². The molecule has 4 rings (SSSR count). The van der Waals surface area contributed by atoms with Gasteiger partial charge in [0.1, 0.15) is 0 Å². The van der Waals surface area contributed by atoms with Crippen LogP contribution < -0.4 is 11.2 Å². The Labute approximate surface area is 241 Å². The molecule has 1 aliphatic heterocycles. The minimum atomic E-state index is -5.80. The number of aromatic nitrogens is 3. The minimum Gasteiger partial charge on any atom is -0.505 e. The first kappa shape index (κ1) is 32.7. The molecule has 6 N–H and O–H groups in total. The molecule has 0 fully saturated rings. The third kappa shape index (κ3) is 8.66. The molecule has 3 heterocycles. The smallest absolute Gasteiger partial charge is 0.490 e. The van der Waals surface area contributed by atoms with Crippen molar-refractivity contribution in [1.29, 1.82) is 0 Å². The molecule has 43 heavy (non-hydrogen) atoms. The summed E-state index contributed by atoms with van der Waals surface area (Å²) in [6.45, 7) is -1.39. The molecule has 232 valence electrons. The van der Waals surface area contributed by atoms with Gasteiger partial charge in [-0.2, -0.15) is 8.62 Å². The van der Waals surface area contributed by atoms with Crippen LogP contribution in [0.4, 0.5) is 0 Å². The largest absolute Gasteiger partial charge is 0.505 e. The van der Waals surface area contributed by atoms with Gasteiger partial charge in [-0.3, -0.25) is 18.9 Å². The summed E-state index contributed by atoms with van der Waals surface area (Å²) >= 11 is 0. The maximum atomic E-state index is 13.2. The predicted octanol–water partition coefficient (Wildman–Crippen LogP) is 0.831. The summed E-state index contributed by atoms with van der Waals surface area (Å²) in [6.07, 6.45) is -0.635. The van der Waals surface area contributed by atoms with Gasteiger partial charge in [0, 0.05) is 18.5 Å². The molecule has 0 radical (unpaired) electrons. The maximum Gasteiger partial charge on any atom is 0.490 e. The standard InChI is InChI=1S/C22H24N3O15P3/c26-18-7-9-24(22(29)25(18)12-16-11-15(6-8-23-16)10-14-4-2-1-3-5-14)21-20(28)19(27)17(38-21)13-37-42(33,34)40-43(35,36)39-41(30,31)32/h1-9,11,17,19,27-28H,10,12-13H2,(H,33,34)(H,35,36)(H2,30,31,32)/t17-,19+/m1/s1. The molecule has 0 spiro atoms. The number of hydrogen-bond acceptors (Lipinski definition) is 12. The fraction of sp³-hybridized carbons (Fsp3) is 0.227. The lowest BCUT2D eigenvalue weighted by molar-refractivity contribution is 0.0127. The van der Waals surface area contributed by atoms with Gasteiger partial charge in [-0.25, -0.2) is 23.1 Å². The molecule has 0 amide bonds. The monoisotopic (exact) mass is 663 g/mol. The normalized spacial score (nSPS) is 19.9. The third-order valence-electron chi connectivity index (χ3n) is 5.67. The van der Waals surface area contributed by atoms with Crippen LogP contribution >= 0.6 is 23.5 Å². The summed E-state index contributed by atoms with van der Waals surface area (Å²) in [7, 11) is -17.0. The number of hydrogen-bond donors (Lipinski definition) is 6. The van der Waals surface area contributed by atoms with Gasteiger partial charge in [0.05, 0.1) is 18.8 Å². The number of aliphatic hydroxyl groups is 2. The van der Waals surface area contributed by atoms with Crippen LogP contribution in [0.3, 0.4) is 0 Å². The van der Waals surface area contributed by atoms with Crippen molar-refractivity contribution in [2.24, 2.45) is 0 Å². The van der Waals surface area contributed by atoms with Crippen LogP contribution in [0.2, 0.25) is 0 Å². The number of benzene rings is 1. The Balaban J connectivity index is 1.49. The zero-order valence-corrected chi connectivity index (χ0v) is 24.3. The first-order valence-corrected chi connectivity index (χ1v) is 16.4. The van der Waals surface area contributed by atoms with E-state index >= 15 is 0 Å². The highest BCUT2D eigenvalue weighted by Gasteiger charge is 2.43. The number of pyridine rings is 1. The van der Waals surface area contributed by atoms with Crippen molar-refractivity contribution in [2.45, 2.75) is 25.2 Å². The van der Waals surface area contributed by atoms with Crippen molar-refractivity contribution < 1.29 is 61.4 Å². The first-order valence-electron chi connectivity index (χ1n) is 11.9. The quantitative estimate of drug-likeness (QED) is 0.147. The number of phosphoric acid groups is 3.